The number of halogens is 1. The fraction of sp³-hybridized carbons (Fsp3) is 0.533. The molecule has 0 saturated heterocycles. The standard InChI is InChI=1S/C15H17ClN4/c16-14-7-12(10-3-1-2-4-10)18-15(19-14)13-8-17-9-20(13)11-5-6-11/h7-11H,1-6H2. The molecule has 2 aromatic heterocycles. The fourth-order valence-corrected chi connectivity index (χ4v) is 3.29. The van der Waals surface area contributed by atoms with Crippen LogP contribution in [-0.2, 0) is 0 Å². The molecule has 5 heteroatoms. The average molecular weight is 289 g/mol. The highest BCUT2D eigenvalue weighted by Crippen LogP contribution is 2.38. The van der Waals surface area contributed by atoms with E-state index in [0.29, 0.717) is 17.1 Å². The van der Waals surface area contributed by atoms with Gasteiger partial charge in [0.2, 0.25) is 0 Å². The van der Waals surface area contributed by atoms with Crippen LogP contribution in [0.15, 0.2) is 18.6 Å². The van der Waals surface area contributed by atoms with E-state index in [9.17, 15) is 0 Å². The normalized spacial score (nSPS) is 19.6. The smallest absolute Gasteiger partial charge is 0.179 e. The van der Waals surface area contributed by atoms with E-state index >= 15 is 0 Å². The summed E-state index contributed by atoms with van der Waals surface area (Å²) in [5.74, 6) is 1.27. The fourth-order valence-electron chi connectivity index (χ4n) is 3.10. The highest BCUT2D eigenvalue weighted by atomic mass is 35.5. The highest BCUT2D eigenvalue weighted by Gasteiger charge is 2.27. The molecule has 4 rings (SSSR count). The summed E-state index contributed by atoms with van der Waals surface area (Å²) in [6.45, 7) is 0. The topological polar surface area (TPSA) is 43.6 Å². The maximum Gasteiger partial charge on any atom is 0.179 e. The summed E-state index contributed by atoms with van der Waals surface area (Å²) < 4.78 is 2.18. The third-order valence-corrected chi connectivity index (χ3v) is 4.52. The van der Waals surface area contributed by atoms with E-state index in [2.05, 4.69) is 14.5 Å². The molecule has 2 heterocycles. The molecule has 0 unspecified atom stereocenters. The minimum atomic E-state index is 0.542. The largest absolute Gasteiger partial charge is 0.325 e. The van der Waals surface area contributed by atoms with Crippen molar-refractivity contribution in [3.8, 4) is 11.5 Å². The van der Waals surface area contributed by atoms with Crippen LogP contribution in [0.2, 0.25) is 5.15 Å². The number of imidazole rings is 1. The highest BCUT2D eigenvalue weighted by molar-refractivity contribution is 6.29. The minimum Gasteiger partial charge on any atom is -0.325 e. The van der Waals surface area contributed by atoms with E-state index in [-0.39, 0.29) is 0 Å². The van der Waals surface area contributed by atoms with Crippen molar-refractivity contribution >= 4 is 11.6 Å². The maximum atomic E-state index is 6.21. The molecule has 2 aliphatic carbocycles. The van der Waals surface area contributed by atoms with Crippen molar-refractivity contribution in [3.63, 3.8) is 0 Å². The van der Waals surface area contributed by atoms with Gasteiger partial charge in [-0.05, 0) is 31.7 Å². The molecule has 20 heavy (non-hydrogen) atoms. The summed E-state index contributed by atoms with van der Waals surface area (Å²) in [7, 11) is 0. The first-order valence-corrected chi connectivity index (χ1v) is 7.76. The number of hydrogen-bond acceptors (Lipinski definition) is 3. The van der Waals surface area contributed by atoms with Gasteiger partial charge in [0.15, 0.2) is 5.82 Å². The van der Waals surface area contributed by atoms with Gasteiger partial charge in [0.05, 0.1) is 12.5 Å². The molecule has 104 valence electrons. The Balaban J connectivity index is 1.75. The Hall–Kier alpha value is -1.42. The molecule has 0 atom stereocenters. The van der Waals surface area contributed by atoms with Gasteiger partial charge in [-0.25, -0.2) is 15.0 Å². The van der Waals surface area contributed by atoms with Crippen molar-refractivity contribution in [2.75, 3.05) is 0 Å². The number of hydrogen-bond donors (Lipinski definition) is 0. The van der Waals surface area contributed by atoms with Crippen molar-refractivity contribution in [2.45, 2.75) is 50.5 Å². The average Bonchev–Trinajstić information content (AvgIpc) is 2.96. The molecule has 0 aromatic carbocycles. The van der Waals surface area contributed by atoms with E-state index in [0.717, 1.165) is 17.2 Å². The molecule has 0 amide bonds. The Bertz CT molecular complexity index is 627. The zero-order chi connectivity index (χ0) is 13.5. The van der Waals surface area contributed by atoms with Gasteiger partial charge in [-0.1, -0.05) is 24.4 Å². The molecule has 0 N–H and O–H groups in total. The van der Waals surface area contributed by atoms with E-state index in [1.165, 1.54) is 38.5 Å². The Kier molecular flexibility index (Phi) is 2.99. The van der Waals surface area contributed by atoms with Gasteiger partial charge in [0.25, 0.3) is 0 Å². The predicted molar refractivity (Wildman–Crippen MR) is 77.7 cm³/mol. The molecule has 2 fully saturated rings. The molecule has 2 saturated carbocycles. The second kappa shape index (κ2) is 4.85. The van der Waals surface area contributed by atoms with Crippen molar-refractivity contribution in [1.29, 1.82) is 0 Å². The molecule has 0 bridgehead atoms. The Labute approximate surface area is 123 Å². The lowest BCUT2D eigenvalue weighted by atomic mass is 10.0. The second-order valence-electron chi connectivity index (χ2n) is 5.84. The maximum absolute atomic E-state index is 6.21. The summed E-state index contributed by atoms with van der Waals surface area (Å²) >= 11 is 6.21. The first-order chi connectivity index (χ1) is 9.81. The molecular weight excluding hydrogens is 272 g/mol. The van der Waals surface area contributed by atoms with Crippen molar-refractivity contribution in [1.82, 2.24) is 19.5 Å². The van der Waals surface area contributed by atoms with E-state index in [4.69, 9.17) is 16.6 Å². The number of aromatic nitrogens is 4. The quantitative estimate of drug-likeness (QED) is 0.802. The third-order valence-electron chi connectivity index (χ3n) is 4.32. The lowest BCUT2D eigenvalue weighted by Gasteiger charge is -2.11. The van der Waals surface area contributed by atoms with Crippen LogP contribution in [-0.4, -0.2) is 19.5 Å². The zero-order valence-corrected chi connectivity index (χ0v) is 12.1. The summed E-state index contributed by atoms with van der Waals surface area (Å²) in [5, 5.41) is 0.542. The summed E-state index contributed by atoms with van der Waals surface area (Å²) in [5.41, 5.74) is 2.09. The SMILES string of the molecule is Clc1cc(C2CCCC2)nc(-c2cncn2C2CC2)n1. The van der Waals surface area contributed by atoms with Crippen LogP contribution < -0.4 is 0 Å². The first-order valence-electron chi connectivity index (χ1n) is 7.38. The number of rotatable bonds is 3. The van der Waals surface area contributed by atoms with Crippen LogP contribution in [0.25, 0.3) is 11.5 Å². The first kappa shape index (κ1) is 12.3. The Morgan fingerprint density at radius 1 is 1.10 bits per heavy atom. The van der Waals surface area contributed by atoms with Gasteiger partial charge < -0.3 is 4.57 Å². The monoisotopic (exact) mass is 288 g/mol. The molecule has 0 aliphatic heterocycles. The molecule has 2 aliphatic rings. The van der Waals surface area contributed by atoms with Crippen LogP contribution in [0.4, 0.5) is 0 Å². The van der Waals surface area contributed by atoms with Crippen LogP contribution in [0, 0.1) is 0 Å². The molecule has 2 aromatic rings. The molecular formula is C15H17ClN4. The minimum absolute atomic E-state index is 0.542. The zero-order valence-electron chi connectivity index (χ0n) is 11.3. The van der Waals surface area contributed by atoms with Crippen LogP contribution in [0.3, 0.4) is 0 Å². The van der Waals surface area contributed by atoms with E-state index in [1.54, 1.807) is 0 Å². The predicted octanol–water partition coefficient (Wildman–Crippen LogP) is 3.99. The van der Waals surface area contributed by atoms with Crippen LogP contribution >= 0.6 is 11.6 Å². The second-order valence-corrected chi connectivity index (χ2v) is 6.23. The lowest BCUT2D eigenvalue weighted by molar-refractivity contribution is 0.691. The van der Waals surface area contributed by atoms with Gasteiger partial charge in [0, 0.05) is 17.7 Å². The number of nitrogens with zero attached hydrogens (tertiary/aromatic N) is 4. The van der Waals surface area contributed by atoms with Gasteiger partial charge in [-0.2, -0.15) is 0 Å². The van der Waals surface area contributed by atoms with E-state index in [1.807, 2.05) is 18.6 Å². The van der Waals surface area contributed by atoms with Gasteiger partial charge in [-0.15, -0.1) is 0 Å². The molecule has 0 radical (unpaired) electrons. The van der Waals surface area contributed by atoms with Crippen LogP contribution in [0.1, 0.15) is 56.2 Å². The molecule has 4 nitrogen and oxygen atoms in total. The third kappa shape index (κ3) is 2.22. The van der Waals surface area contributed by atoms with E-state index < -0.39 is 0 Å². The summed E-state index contributed by atoms with van der Waals surface area (Å²) in [6, 6.07) is 2.50. The summed E-state index contributed by atoms with van der Waals surface area (Å²) in [4.78, 5) is 13.4. The summed E-state index contributed by atoms with van der Waals surface area (Å²) in [6.07, 6.45) is 11.2. The molecule has 0 spiro atoms. The Morgan fingerprint density at radius 3 is 2.65 bits per heavy atom. The van der Waals surface area contributed by atoms with Crippen molar-refractivity contribution in [3.05, 3.63) is 29.4 Å². The van der Waals surface area contributed by atoms with Gasteiger partial charge >= 0.3 is 0 Å². The van der Waals surface area contributed by atoms with Gasteiger partial charge in [0.1, 0.15) is 10.8 Å². The van der Waals surface area contributed by atoms with Gasteiger partial charge in [-0.3, -0.25) is 0 Å². The lowest BCUT2D eigenvalue weighted by Crippen LogP contribution is -2.03. The van der Waals surface area contributed by atoms with Crippen molar-refractivity contribution < 1.29 is 0 Å². The Morgan fingerprint density at radius 2 is 1.90 bits per heavy atom. The van der Waals surface area contributed by atoms with Crippen molar-refractivity contribution in [2.24, 2.45) is 0 Å². The van der Waals surface area contributed by atoms with Crippen LogP contribution in [0.5, 0.6) is 0 Å².